The van der Waals surface area contributed by atoms with E-state index in [1.165, 1.54) is 25.6 Å². The van der Waals surface area contributed by atoms with Gasteiger partial charge in [-0.2, -0.15) is 0 Å². The van der Waals surface area contributed by atoms with E-state index in [2.05, 4.69) is 20.9 Å². The molecule has 4 rings (SSSR count). The number of fused-ring (bicyclic) bond motifs is 1. The summed E-state index contributed by atoms with van der Waals surface area (Å²) in [6.45, 7) is 1.78. The molecule has 8 nitrogen and oxygen atoms in total. The second-order valence-electron chi connectivity index (χ2n) is 6.79. The Kier molecular flexibility index (Phi) is 5.66. The first-order valence-corrected chi connectivity index (χ1v) is 10.5. The minimum absolute atomic E-state index is 0.119. The number of nitrogens with zero attached hydrogens (tertiary/aromatic N) is 1. The van der Waals surface area contributed by atoms with Crippen molar-refractivity contribution in [2.75, 3.05) is 19.5 Å². The number of hydrogen-bond acceptors (Lipinski definition) is 7. The van der Waals surface area contributed by atoms with E-state index in [-0.39, 0.29) is 23.2 Å². The number of benzene rings is 2. The van der Waals surface area contributed by atoms with Gasteiger partial charge in [0.15, 0.2) is 21.7 Å². The monoisotopic (exact) mass is 456 g/mol. The predicted molar refractivity (Wildman–Crippen MR) is 124 cm³/mol. The highest BCUT2D eigenvalue weighted by atomic mass is 32.1. The third-order valence-electron chi connectivity index (χ3n) is 4.86. The van der Waals surface area contributed by atoms with Gasteiger partial charge in [0.25, 0.3) is 5.91 Å². The fourth-order valence-electron chi connectivity index (χ4n) is 3.42. The number of carbonyl (C=O) groups is 1. The number of anilines is 1. The van der Waals surface area contributed by atoms with Crippen molar-refractivity contribution in [3.63, 3.8) is 0 Å². The molecule has 0 bridgehead atoms. The third-order valence-corrected chi connectivity index (χ3v) is 6.04. The van der Waals surface area contributed by atoms with Crippen LogP contribution >= 0.6 is 23.6 Å². The number of methoxy groups -OCH3 is 2. The van der Waals surface area contributed by atoms with E-state index in [4.69, 9.17) is 21.7 Å². The fourth-order valence-corrected chi connectivity index (χ4v) is 4.55. The summed E-state index contributed by atoms with van der Waals surface area (Å²) >= 11 is 6.71. The molecule has 0 saturated heterocycles. The van der Waals surface area contributed by atoms with Gasteiger partial charge in [0.2, 0.25) is 5.75 Å². The molecule has 0 fully saturated rings. The van der Waals surface area contributed by atoms with E-state index in [0.29, 0.717) is 27.1 Å². The van der Waals surface area contributed by atoms with E-state index in [9.17, 15) is 9.90 Å². The molecular formula is C21H20N4O4S2. The van der Waals surface area contributed by atoms with Gasteiger partial charge in [0.1, 0.15) is 0 Å². The summed E-state index contributed by atoms with van der Waals surface area (Å²) in [6.07, 6.45) is 0. The minimum Gasteiger partial charge on any atom is -0.502 e. The maximum atomic E-state index is 13.3. The van der Waals surface area contributed by atoms with E-state index in [0.717, 1.165) is 10.2 Å². The Balaban J connectivity index is 1.72. The number of rotatable bonds is 5. The highest BCUT2D eigenvalue weighted by Crippen LogP contribution is 2.41. The van der Waals surface area contributed by atoms with Crippen molar-refractivity contribution in [1.82, 2.24) is 15.6 Å². The van der Waals surface area contributed by atoms with Crippen LogP contribution in [0.15, 0.2) is 47.7 Å². The Morgan fingerprint density at radius 3 is 2.55 bits per heavy atom. The normalized spacial score (nSPS) is 16.0. The van der Waals surface area contributed by atoms with Crippen LogP contribution in [0.3, 0.4) is 0 Å². The summed E-state index contributed by atoms with van der Waals surface area (Å²) in [4.78, 5) is 17.8. The molecule has 1 unspecified atom stereocenters. The topological polar surface area (TPSA) is 105 Å². The molecule has 2 heterocycles. The number of aromatic nitrogens is 1. The summed E-state index contributed by atoms with van der Waals surface area (Å²) < 4.78 is 11.5. The molecule has 2 aromatic carbocycles. The third kappa shape index (κ3) is 3.99. The van der Waals surface area contributed by atoms with E-state index in [1.807, 2.05) is 24.3 Å². The number of aromatic hydroxyl groups is 1. The van der Waals surface area contributed by atoms with Gasteiger partial charge in [-0.15, -0.1) is 0 Å². The lowest BCUT2D eigenvalue weighted by Gasteiger charge is -2.30. The average molecular weight is 457 g/mol. The number of carbonyl (C=O) groups excluding carboxylic acids is 1. The van der Waals surface area contributed by atoms with Gasteiger partial charge in [-0.05, 0) is 49.0 Å². The van der Waals surface area contributed by atoms with Crippen LogP contribution in [0.4, 0.5) is 5.13 Å². The molecule has 0 spiro atoms. The number of para-hydroxylation sites is 1. The number of thiazole rings is 1. The molecule has 3 aromatic rings. The maximum absolute atomic E-state index is 13.3. The van der Waals surface area contributed by atoms with E-state index in [1.54, 1.807) is 19.1 Å². The van der Waals surface area contributed by atoms with Crippen molar-refractivity contribution in [1.29, 1.82) is 0 Å². The molecule has 10 heteroatoms. The first-order chi connectivity index (χ1) is 14.9. The van der Waals surface area contributed by atoms with Gasteiger partial charge in [-0.25, -0.2) is 4.98 Å². The summed E-state index contributed by atoms with van der Waals surface area (Å²) in [5.41, 5.74) is 2.50. The number of phenolic OH excluding ortho intramolecular Hbond substituents is 1. The lowest BCUT2D eigenvalue weighted by Crippen LogP contribution is -2.45. The molecule has 1 amide bonds. The predicted octanol–water partition coefficient (Wildman–Crippen LogP) is 3.45. The summed E-state index contributed by atoms with van der Waals surface area (Å²) in [5, 5.41) is 20.1. The molecule has 0 aliphatic carbocycles. The smallest absolute Gasteiger partial charge is 0.257 e. The maximum Gasteiger partial charge on any atom is 0.257 e. The Bertz CT molecular complexity index is 1160. The van der Waals surface area contributed by atoms with Gasteiger partial charge in [-0.3, -0.25) is 10.1 Å². The number of phenols is 1. The Morgan fingerprint density at radius 1 is 1.23 bits per heavy atom. The van der Waals surface area contributed by atoms with Crippen molar-refractivity contribution in [2.24, 2.45) is 0 Å². The Morgan fingerprint density at radius 2 is 1.90 bits per heavy atom. The van der Waals surface area contributed by atoms with Gasteiger partial charge < -0.3 is 25.2 Å². The molecule has 4 N–H and O–H groups in total. The lowest BCUT2D eigenvalue weighted by molar-refractivity contribution is -0.113. The number of amides is 1. The molecule has 160 valence electrons. The molecule has 1 aromatic heterocycles. The van der Waals surface area contributed by atoms with Crippen LogP contribution in [0, 0.1) is 0 Å². The standard InChI is InChI=1S/C21H20N4O4S2/c1-10-16(19(27)25-21-23-12-6-4-5-7-15(12)31-21)17(24-20(30)22-10)11-8-13(28-2)18(26)14(9-11)29-3/h4-9,17,26H,1-3H3,(H2,22,24,30)(H,23,25,27). The zero-order chi connectivity index (χ0) is 22.1. The lowest BCUT2D eigenvalue weighted by atomic mass is 9.94. The average Bonchev–Trinajstić information content (AvgIpc) is 3.15. The van der Waals surface area contributed by atoms with Crippen molar-refractivity contribution in [2.45, 2.75) is 13.0 Å². The summed E-state index contributed by atoms with van der Waals surface area (Å²) in [5.74, 6) is 0.00914. The van der Waals surface area contributed by atoms with Crippen LogP contribution in [0.2, 0.25) is 0 Å². The van der Waals surface area contributed by atoms with Gasteiger partial charge in [0, 0.05) is 5.70 Å². The zero-order valence-electron chi connectivity index (χ0n) is 17.0. The van der Waals surface area contributed by atoms with Gasteiger partial charge >= 0.3 is 0 Å². The number of allylic oxidation sites excluding steroid dienone is 1. The fraction of sp³-hybridized carbons (Fsp3) is 0.190. The Hall–Kier alpha value is -3.37. The summed E-state index contributed by atoms with van der Waals surface area (Å²) in [6, 6.07) is 10.4. The van der Waals surface area contributed by atoms with Gasteiger partial charge in [-0.1, -0.05) is 23.5 Å². The summed E-state index contributed by atoms with van der Waals surface area (Å²) in [7, 11) is 2.89. The molecule has 0 radical (unpaired) electrons. The first-order valence-electron chi connectivity index (χ1n) is 9.31. The number of ether oxygens (including phenoxy) is 2. The van der Waals surface area contributed by atoms with Gasteiger partial charge in [0.05, 0.1) is 36.1 Å². The van der Waals surface area contributed by atoms with E-state index >= 15 is 0 Å². The van der Waals surface area contributed by atoms with Crippen LogP contribution in [0.5, 0.6) is 17.2 Å². The molecule has 1 atom stereocenters. The number of hydrogen-bond donors (Lipinski definition) is 4. The van der Waals surface area contributed by atoms with Crippen molar-refractivity contribution in [3.8, 4) is 17.2 Å². The number of nitrogens with one attached hydrogen (secondary N) is 3. The van der Waals surface area contributed by atoms with E-state index < -0.39 is 6.04 Å². The zero-order valence-corrected chi connectivity index (χ0v) is 18.6. The van der Waals surface area contributed by atoms with Crippen LogP contribution < -0.4 is 25.4 Å². The van der Waals surface area contributed by atoms with Crippen LogP contribution in [0.25, 0.3) is 10.2 Å². The second kappa shape index (κ2) is 8.40. The second-order valence-corrected chi connectivity index (χ2v) is 8.22. The van der Waals surface area contributed by atoms with Crippen molar-refractivity contribution < 1.29 is 19.4 Å². The van der Waals surface area contributed by atoms with Crippen LogP contribution in [-0.2, 0) is 4.79 Å². The van der Waals surface area contributed by atoms with Crippen LogP contribution in [-0.4, -0.2) is 35.3 Å². The van der Waals surface area contributed by atoms with Crippen LogP contribution in [0.1, 0.15) is 18.5 Å². The highest BCUT2D eigenvalue weighted by molar-refractivity contribution is 7.80. The largest absolute Gasteiger partial charge is 0.502 e. The number of thiocarbonyl (C=S) groups is 1. The highest BCUT2D eigenvalue weighted by Gasteiger charge is 2.31. The molecule has 1 aliphatic rings. The minimum atomic E-state index is -0.591. The van der Waals surface area contributed by atoms with Crippen molar-refractivity contribution in [3.05, 3.63) is 53.2 Å². The van der Waals surface area contributed by atoms with Crippen molar-refractivity contribution >= 4 is 49.9 Å². The SMILES string of the molecule is COc1cc(C2NC(=S)NC(C)=C2C(=O)Nc2nc3ccccc3s2)cc(OC)c1O. The quantitative estimate of drug-likeness (QED) is 0.433. The molecule has 1 aliphatic heterocycles. The molecule has 0 saturated carbocycles. The molecular weight excluding hydrogens is 436 g/mol. The molecule has 31 heavy (non-hydrogen) atoms. The Labute approximate surface area is 187 Å². The first kappa shape index (κ1) is 20.9.